The van der Waals surface area contributed by atoms with Gasteiger partial charge < -0.3 is 15.2 Å². The Hall–Kier alpha value is -2.86. The summed E-state index contributed by atoms with van der Waals surface area (Å²) >= 11 is 5.97. The van der Waals surface area contributed by atoms with Gasteiger partial charge in [-0.25, -0.2) is 4.98 Å². The SMILES string of the molecule is Cc1nc2ccccc2n1CCCNC(=O)CNC(=O)c1ccccc1Cl. The quantitative estimate of drug-likeness (QED) is 0.615. The summed E-state index contributed by atoms with van der Waals surface area (Å²) in [4.78, 5) is 28.5. The number of nitrogens with one attached hydrogen (secondary N) is 2. The Labute approximate surface area is 162 Å². The number of halogens is 1. The lowest BCUT2D eigenvalue weighted by Crippen LogP contribution is -2.37. The number of amides is 2. The molecule has 0 radical (unpaired) electrons. The van der Waals surface area contributed by atoms with Crippen LogP contribution < -0.4 is 10.6 Å². The van der Waals surface area contributed by atoms with Crippen LogP contribution in [-0.4, -0.2) is 34.5 Å². The van der Waals surface area contributed by atoms with Gasteiger partial charge in [0.15, 0.2) is 0 Å². The predicted molar refractivity (Wildman–Crippen MR) is 106 cm³/mol. The number of benzene rings is 2. The number of para-hydroxylation sites is 2. The minimum absolute atomic E-state index is 0.0862. The predicted octanol–water partition coefficient (Wildman–Crippen LogP) is 2.93. The van der Waals surface area contributed by atoms with E-state index in [4.69, 9.17) is 11.6 Å². The van der Waals surface area contributed by atoms with Crippen molar-refractivity contribution in [3.63, 3.8) is 0 Å². The van der Waals surface area contributed by atoms with Crippen LogP contribution >= 0.6 is 11.6 Å². The van der Waals surface area contributed by atoms with Crippen molar-refractivity contribution in [3.8, 4) is 0 Å². The molecular weight excluding hydrogens is 364 g/mol. The first-order valence-corrected chi connectivity index (χ1v) is 9.15. The topological polar surface area (TPSA) is 76.0 Å². The molecule has 2 amide bonds. The molecule has 1 heterocycles. The van der Waals surface area contributed by atoms with Crippen molar-refractivity contribution in [1.82, 2.24) is 20.2 Å². The van der Waals surface area contributed by atoms with E-state index < -0.39 is 0 Å². The Morgan fingerprint density at radius 3 is 2.63 bits per heavy atom. The summed E-state index contributed by atoms with van der Waals surface area (Å²) in [6.07, 6.45) is 0.769. The van der Waals surface area contributed by atoms with E-state index in [1.807, 2.05) is 31.2 Å². The summed E-state index contributed by atoms with van der Waals surface area (Å²) in [7, 11) is 0. The van der Waals surface area contributed by atoms with Crippen LogP contribution in [0, 0.1) is 6.92 Å². The number of hydrogen-bond acceptors (Lipinski definition) is 3. The molecule has 0 atom stereocenters. The molecule has 7 heteroatoms. The fourth-order valence-corrected chi connectivity index (χ4v) is 3.13. The maximum atomic E-state index is 12.0. The lowest BCUT2D eigenvalue weighted by molar-refractivity contribution is -0.120. The number of aromatic nitrogens is 2. The van der Waals surface area contributed by atoms with Crippen LogP contribution in [0.3, 0.4) is 0 Å². The van der Waals surface area contributed by atoms with E-state index in [0.717, 1.165) is 29.8 Å². The molecule has 0 unspecified atom stereocenters. The van der Waals surface area contributed by atoms with E-state index in [9.17, 15) is 9.59 Å². The van der Waals surface area contributed by atoms with Crippen LogP contribution in [0.1, 0.15) is 22.6 Å². The lowest BCUT2D eigenvalue weighted by atomic mass is 10.2. The van der Waals surface area contributed by atoms with Crippen molar-refractivity contribution in [3.05, 3.63) is 64.9 Å². The largest absolute Gasteiger partial charge is 0.355 e. The summed E-state index contributed by atoms with van der Waals surface area (Å²) in [6.45, 7) is 3.17. The zero-order chi connectivity index (χ0) is 19.2. The molecule has 2 aromatic carbocycles. The average molecular weight is 385 g/mol. The van der Waals surface area contributed by atoms with Crippen molar-refractivity contribution < 1.29 is 9.59 Å². The molecule has 6 nitrogen and oxygen atoms in total. The van der Waals surface area contributed by atoms with E-state index >= 15 is 0 Å². The molecule has 1 aromatic heterocycles. The summed E-state index contributed by atoms with van der Waals surface area (Å²) in [5.74, 6) is 0.355. The fourth-order valence-electron chi connectivity index (χ4n) is 2.91. The number of carbonyl (C=O) groups excluding carboxylic acids is 2. The summed E-state index contributed by atoms with van der Waals surface area (Å²) in [5, 5.41) is 5.75. The standard InChI is InChI=1S/C20H21ClN4O2/c1-14-24-17-9-4-5-10-18(17)25(14)12-6-11-22-19(26)13-23-20(27)15-7-2-3-8-16(15)21/h2-5,7-10H,6,11-13H2,1H3,(H,22,26)(H,23,27). The van der Waals surface area contributed by atoms with E-state index in [0.29, 0.717) is 17.1 Å². The number of fused-ring (bicyclic) bond motifs is 1. The summed E-state index contributed by atoms with van der Waals surface area (Å²) < 4.78 is 2.14. The molecule has 3 aromatic rings. The highest BCUT2D eigenvalue weighted by Crippen LogP contribution is 2.16. The normalized spacial score (nSPS) is 10.7. The lowest BCUT2D eigenvalue weighted by Gasteiger charge is -2.09. The van der Waals surface area contributed by atoms with Crippen LogP contribution in [0.5, 0.6) is 0 Å². The second-order valence-corrected chi connectivity index (χ2v) is 6.57. The Morgan fingerprint density at radius 1 is 1.07 bits per heavy atom. The summed E-state index contributed by atoms with van der Waals surface area (Å²) in [5.41, 5.74) is 2.42. The van der Waals surface area contributed by atoms with Crippen LogP contribution in [0.25, 0.3) is 11.0 Å². The number of nitrogens with zero attached hydrogens (tertiary/aromatic N) is 2. The monoisotopic (exact) mass is 384 g/mol. The van der Waals surface area contributed by atoms with Gasteiger partial charge in [-0.3, -0.25) is 9.59 Å². The Morgan fingerprint density at radius 2 is 1.81 bits per heavy atom. The highest BCUT2D eigenvalue weighted by molar-refractivity contribution is 6.33. The van der Waals surface area contributed by atoms with Crippen LogP contribution in [0.4, 0.5) is 0 Å². The molecule has 0 aliphatic heterocycles. The smallest absolute Gasteiger partial charge is 0.253 e. The number of rotatable bonds is 7. The third-order valence-corrected chi connectivity index (χ3v) is 4.58. The third-order valence-electron chi connectivity index (χ3n) is 4.25. The van der Waals surface area contributed by atoms with Crippen molar-refractivity contribution >= 4 is 34.4 Å². The van der Waals surface area contributed by atoms with Gasteiger partial charge in [0.1, 0.15) is 5.82 Å². The van der Waals surface area contributed by atoms with Crippen LogP contribution in [0.2, 0.25) is 5.02 Å². The molecule has 0 spiro atoms. The highest BCUT2D eigenvalue weighted by Gasteiger charge is 2.11. The third kappa shape index (κ3) is 4.65. The van der Waals surface area contributed by atoms with E-state index in [1.54, 1.807) is 24.3 Å². The minimum Gasteiger partial charge on any atom is -0.355 e. The first-order chi connectivity index (χ1) is 13.1. The number of aryl methyl sites for hydroxylation is 2. The van der Waals surface area contributed by atoms with Crippen molar-refractivity contribution in [2.24, 2.45) is 0 Å². The maximum Gasteiger partial charge on any atom is 0.253 e. The van der Waals surface area contributed by atoms with Crippen molar-refractivity contribution in [2.45, 2.75) is 19.9 Å². The molecule has 0 saturated heterocycles. The van der Waals surface area contributed by atoms with Gasteiger partial charge in [0.05, 0.1) is 28.2 Å². The molecular formula is C20H21ClN4O2. The number of hydrogen-bond donors (Lipinski definition) is 2. The van der Waals surface area contributed by atoms with Gasteiger partial charge in [-0.2, -0.15) is 0 Å². The first-order valence-electron chi connectivity index (χ1n) is 8.77. The van der Waals surface area contributed by atoms with Crippen molar-refractivity contribution in [1.29, 1.82) is 0 Å². The van der Waals surface area contributed by atoms with Crippen LogP contribution in [-0.2, 0) is 11.3 Å². The van der Waals surface area contributed by atoms with Gasteiger partial charge >= 0.3 is 0 Å². The van der Waals surface area contributed by atoms with E-state index in [1.165, 1.54) is 0 Å². The Kier molecular flexibility index (Phi) is 6.08. The number of carbonyl (C=O) groups is 2. The fraction of sp³-hybridized carbons (Fsp3) is 0.250. The number of imidazole rings is 1. The van der Waals surface area contributed by atoms with Gasteiger partial charge in [-0.05, 0) is 37.6 Å². The maximum absolute atomic E-state index is 12.0. The Bertz CT molecular complexity index is 968. The summed E-state index contributed by atoms with van der Waals surface area (Å²) in [6, 6.07) is 14.7. The zero-order valence-corrected chi connectivity index (χ0v) is 15.8. The molecule has 0 saturated carbocycles. The van der Waals surface area contributed by atoms with E-state index in [-0.39, 0.29) is 18.4 Å². The zero-order valence-electron chi connectivity index (χ0n) is 15.0. The molecule has 0 fully saturated rings. The molecule has 0 bridgehead atoms. The molecule has 27 heavy (non-hydrogen) atoms. The molecule has 3 rings (SSSR count). The Balaban J connectivity index is 1.43. The highest BCUT2D eigenvalue weighted by atomic mass is 35.5. The van der Waals surface area contributed by atoms with Gasteiger partial charge in [0.25, 0.3) is 5.91 Å². The van der Waals surface area contributed by atoms with Gasteiger partial charge in [-0.15, -0.1) is 0 Å². The average Bonchev–Trinajstić information content (AvgIpc) is 2.99. The van der Waals surface area contributed by atoms with Gasteiger partial charge in [0, 0.05) is 13.1 Å². The van der Waals surface area contributed by atoms with Gasteiger partial charge in [0.2, 0.25) is 5.91 Å². The van der Waals surface area contributed by atoms with Crippen molar-refractivity contribution in [2.75, 3.05) is 13.1 Å². The second-order valence-electron chi connectivity index (χ2n) is 6.17. The van der Waals surface area contributed by atoms with Gasteiger partial charge in [-0.1, -0.05) is 35.9 Å². The molecule has 0 aliphatic rings. The molecule has 0 aliphatic carbocycles. The van der Waals surface area contributed by atoms with E-state index in [2.05, 4.69) is 20.2 Å². The second kappa shape index (κ2) is 8.68. The minimum atomic E-state index is -0.365. The molecule has 2 N–H and O–H groups in total. The first kappa shape index (κ1) is 18.9. The van der Waals surface area contributed by atoms with Crippen LogP contribution in [0.15, 0.2) is 48.5 Å². The molecule has 140 valence electrons.